The van der Waals surface area contributed by atoms with Crippen LogP contribution in [0.3, 0.4) is 0 Å². The minimum atomic E-state index is -0.338. The molecule has 1 atom stereocenters. The molecule has 2 N–H and O–H groups in total. The summed E-state index contributed by atoms with van der Waals surface area (Å²) in [6.07, 6.45) is 1.17. The molecule has 0 saturated carbocycles. The summed E-state index contributed by atoms with van der Waals surface area (Å²) in [4.78, 5) is 3.91. The van der Waals surface area contributed by atoms with Crippen LogP contribution < -0.4 is 5.32 Å². The normalized spacial score (nSPS) is 12.6. The average Bonchev–Trinajstić information content (AvgIpc) is 2.16. The van der Waals surface area contributed by atoms with E-state index >= 15 is 0 Å². The number of aromatic nitrogens is 1. The van der Waals surface area contributed by atoms with Gasteiger partial charge in [0.25, 0.3) is 0 Å². The van der Waals surface area contributed by atoms with E-state index in [1.54, 1.807) is 0 Å². The van der Waals surface area contributed by atoms with Crippen LogP contribution in [0.2, 0.25) is 0 Å². The van der Waals surface area contributed by atoms with Crippen LogP contribution in [0.5, 0.6) is 0 Å². The summed E-state index contributed by atoms with van der Waals surface area (Å²) in [6.45, 7) is 2.68. The molecule has 0 bridgehead atoms. The van der Waals surface area contributed by atoms with Crippen LogP contribution in [0.4, 0.5) is 10.2 Å². The van der Waals surface area contributed by atoms with Crippen molar-refractivity contribution in [1.82, 2.24) is 4.98 Å². The molecule has 0 aliphatic heterocycles. The predicted molar refractivity (Wildman–Crippen MR) is 61.7 cm³/mol. The van der Waals surface area contributed by atoms with E-state index in [2.05, 4.69) is 10.3 Å². The summed E-state index contributed by atoms with van der Waals surface area (Å²) in [5, 5.41) is 11.8. The third kappa shape index (κ3) is 3.38. The number of nitrogens with zero attached hydrogens (tertiary/aromatic N) is 1. The van der Waals surface area contributed by atoms with Gasteiger partial charge in [-0.1, -0.05) is 6.92 Å². The van der Waals surface area contributed by atoms with Crippen LogP contribution in [0.25, 0.3) is 0 Å². The van der Waals surface area contributed by atoms with Gasteiger partial charge in [-0.25, -0.2) is 9.37 Å². The molecule has 5 heteroatoms. The van der Waals surface area contributed by atoms with Gasteiger partial charge in [-0.15, -0.1) is 0 Å². The number of rotatable bonds is 4. The predicted octanol–water partition coefficient (Wildman–Crippen LogP) is 1.87. The molecule has 0 fully saturated rings. The van der Waals surface area contributed by atoms with Crippen molar-refractivity contribution in [2.45, 2.75) is 6.92 Å². The molecule has 0 spiro atoms. The van der Waals surface area contributed by atoms with Crippen molar-refractivity contribution in [2.24, 2.45) is 5.92 Å². The van der Waals surface area contributed by atoms with Gasteiger partial charge in [0, 0.05) is 13.2 Å². The highest BCUT2D eigenvalue weighted by Gasteiger charge is 2.04. The molecule has 1 rings (SSSR count). The maximum atomic E-state index is 12.7. The van der Waals surface area contributed by atoms with Gasteiger partial charge in [-0.2, -0.15) is 0 Å². The van der Waals surface area contributed by atoms with Crippen molar-refractivity contribution in [3.8, 4) is 0 Å². The van der Waals surface area contributed by atoms with Gasteiger partial charge < -0.3 is 10.4 Å². The van der Waals surface area contributed by atoms with Crippen molar-refractivity contribution in [1.29, 1.82) is 0 Å². The lowest BCUT2D eigenvalue weighted by atomic mass is 10.2. The molecule has 0 aromatic carbocycles. The Morgan fingerprint density at radius 3 is 3.00 bits per heavy atom. The highest BCUT2D eigenvalue weighted by molar-refractivity contribution is 14.1. The number of aliphatic hydroxyl groups excluding tert-OH is 1. The topological polar surface area (TPSA) is 45.1 Å². The third-order valence-electron chi connectivity index (χ3n) is 1.74. The maximum Gasteiger partial charge on any atom is 0.142 e. The Kier molecular flexibility index (Phi) is 4.53. The van der Waals surface area contributed by atoms with Gasteiger partial charge in [-0.05, 0) is 34.6 Å². The Morgan fingerprint density at radius 1 is 1.71 bits per heavy atom. The van der Waals surface area contributed by atoms with Crippen molar-refractivity contribution in [3.05, 3.63) is 21.7 Å². The number of nitrogens with one attached hydrogen (secondary N) is 1. The summed E-state index contributed by atoms with van der Waals surface area (Å²) in [7, 11) is 0. The van der Waals surface area contributed by atoms with E-state index in [0.717, 1.165) is 3.57 Å². The molecule has 78 valence electrons. The fourth-order valence-corrected chi connectivity index (χ4v) is 1.51. The van der Waals surface area contributed by atoms with E-state index in [-0.39, 0.29) is 18.3 Å². The second-order valence-corrected chi connectivity index (χ2v) is 4.31. The lowest BCUT2D eigenvalue weighted by Crippen LogP contribution is -2.15. The quantitative estimate of drug-likeness (QED) is 0.835. The monoisotopic (exact) mass is 310 g/mol. The smallest absolute Gasteiger partial charge is 0.142 e. The Bertz CT molecular complexity index is 309. The van der Waals surface area contributed by atoms with Crippen molar-refractivity contribution in [2.75, 3.05) is 18.5 Å². The lowest BCUT2D eigenvalue weighted by Gasteiger charge is -2.11. The Hall–Kier alpha value is -0.430. The van der Waals surface area contributed by atoms with Crippen LogP contribution in [0.15, 0.2) is 12.3 Å². The van der Waals surface area contributed by atoms with Crippen LogP contribution >= 0.6 is 22.6 Å². The number of aliphatic hydroxyl groups is 1. The Balaban J connectivity index is 2.59. The minimum absolute atomic E-state index is 0.130. The SMILES string of the molecule is CC(CO)CNc1ncc(F)cc1I. The molecular formula is C9H12FIN2O. The molecular weight excluding hydrogens is 298 g/mol. The third-order valence-corrected chi connectivity index (χ3v) is 2.56. The molecule has 1 aromatic rings. The highest BCUT2D eigenvalue weighted by atomic mass is 127. The molecule has 0 aliphatic carbocycles. The number of pyridine rings is 1. The summed E-state index contributed by atoms with van der Waals surface area (Å²) < 4.78 is 13.4. The zero-order valence-electron chi connectivity index (χ0n) is 7.80. The Labute approximate surface area is 95.9 Å². The molecule has 1 aromatic heterocycles. The van der Waals surface area contributed by atoms with E-state index < -0.39 is 0 Å². The van der Waals surface area contributed by atoms with Gasteiger partial charge >= 0.3 is 0 Å². The first-order valence-electron chi connectivity index (χ1n) is 4.29. The summed E-state index contributed by atoms with van der Waals surface area (Å²) in [6, 6.07) is 1.42. The number of hydrogen-bond donors (Lipinski definition) is 2. The fraction of sp³-hybridized carbons (Fsp3) is 0.444. The number of anilines is 1. The number of halogens is 2. The van der Waals surface area contributed by atoms with Gasteiger partial charge in [0.1, 0.15) is 11.6 Å². The zero-order valence-corrected chi connectivity index (χ0v) is 9.95. The summed E-state index contributed by atoms with van der Waals surface area (Å²) >= 11 is 2.02. The van der Waals surface area contributed by atoms with Crippen molar-refractivity contribution >= 4 is 28.4 Å². The second-order valence-electron chi connectivity index (χ2n) is 3.15. The number of hydrogen-bond acceptors (Lipinski definition) is 3. The van der Waals surface area contributed by atoms with Crippen molar-refractivity contribution < 1.29 is 9.50 Å². The zero-order chi connectivity index (χ0) is 10.6. The van der Waals surface area contributed by atoms with E-state index in [1.807, 2.05) is 29.5 Å². The van der Waals surface area contributed by atoms with Crippen LogP contribution in [0.1, 0.15) is 6.92 Å². The van der Waals surface area contributed by atoms with Crippen molar-refractivity contribution in [3.63, 3.8) is 0 Å². The first-order chi connectivity index (χ1) is 6.63. The first-order valence-corrected chi connectivity index (χ1v) is 5.37. The second kappa shape index (κ2) is 5.45. The van der Waals surface area contributed by atoms with E-state index in [0.29, 0.717) is 12.4 Å². The molecule has 1 unspecified atom stereocenters. The summed E-state index contributed by atoms with van der Waals surface area (Å²) in [5.41, 5.74) is 0. The van der Waals surface area contributed by atoms with Gasteiger partial charge in [0.05, 0.1) is 9.77 Å². The Morgan fingerprint density at radius 2 is 2.43 bits per heavy atom. The van der Waals surface area contributed by atoms with E-state index in [4.69, 9.17) is 5.11 Å². The fourth-order valence-electron chi connectivity index (χ4n) is 0.880. The standard InChI is InChI=1S/C9H12FIN2O/c1-6(5-14)3-12-9-8(11)2-7(10)4-13-9/h2,4,6,14H,3,5H2,1H3,(H,12,13). The largest absolute Gasteiger partial charge is 0.396 e. The molecule has 3 nitrogen and oxygen atoms in total. The minimum Gasteiger partial charge on any atom is -0.396 e. The van der Waals surface area contributed by atoms with Gasteiger partial charge in [0.15, 0.2) is 0 Å². The molecule has 0 radical (unpaired) electrons. The molecule has 14 heavy (non-hydrogen) atoms. The van der Waals surface area contributed by atoms with Gasteiger partial charge in [0.2, 0.25) is 0 Å². The van der Waals surface area contributed by atoms with Crippen LogP contribution in [0, 0.1) is 15.3 Å². The molecule has 0 amide bonds. The lowest BCUT2D eigenvalue weighted by molar-refractivity contribution is 0.244. The molecule has 0 saturated heterocycles. The maximum absolute atomic E-state index is 12.7. The first kappa shape index (κ1) is 11.6. The summed E-state index contributed by atoms with van der Waals surface area (Å²) in [5.74, 6) is 0.486. The highest BCUT2D eigenvalue weighted by Crippen LogP contribution is 2.15. The van der Waals surface area contributed by atoms with Gasteiger partial charge in [-0.3, -0.25) is 0 Å². The van der Waals surface area contributed by atoms with Crippen LogP contribution in [-0.2, 0) is 0 Å². The van der Waals surface area contributed by atoms with E-state index in [9.17, 15) is 4.39 Å². The average molecular weight is 310 g/mol. The molecule has 0 aliphatic rings. The van der Waals surface area contributed by atoms with Crippen LogP contribution in [-0.4, -0.2) is 23.2 Å². The van der Waals surface area contributed by atoms with E-state index in [1.165, 1.54) is 12.3 Å². The molecule has 1 heterocycles.